The lowest BCUT2D eigenvalue weighted by Crippen LogP contribution is -2.47. The maximum Gasteiger partial charge on any atom is 0.231 e. The topological polar surface area (TPSA) is 75.4 Å². The first kappa shape index (κ1) is 16.3. The van der Waals surface area contributed by atoms with E-state index < -0.39 is 0 Å². The first-order valence-electron chi connectivity index (χ1n) is 8.10. The molecule has 1 aliphatic carbocycles. The lowest BCUT2D eigenvalue weighted by atomic mass is 10.0. The van der Waals surface area contributed by atoms with E-state index in [1.54, 1.807) is 0 Å². The van der Waals surface area contributed by atoms with Crippen LogP contribution in [0, 0.1) is 5.92 Å². The number of piperidine rings is 1. The molecule has 1 heterocycles. The van der Waals surface area contributed by atoms with Crippen LogP contribution >= 0.6 is 11.6 Å². The lowest BCUT2D eigenvalue weighted by Gasteiger charge is -2.31. The van der Waals surface area contributed by atoms with Gasteiger partial charge in [-0.15, -0.1) is 0 Å². The number of carbonyl (C=O) groups is 2. The molecule has 2 fully saturated rings. The van der Waals surface area contributed by atoms with Gasteiger partial charge in [-0.2, -0.15) is 0 Å². The molecule has 2 unspecified atom stereocenters. The third-order valence-corrected chi connectivity index (χ3v) is 5.09. The van der Waals surface area contributed by atoms with Crippen LogP contribution in [-0.2, 0) is 9.59 Å². The van der Waals surface area contributed by atoms with Gasteiger partial charge in [-0.1, -0.05) is 29.8 Å². The lowest BCUT2D eigenvalue weighted by molar-refractivity contribution is -0.124. The van der Waals surface area contributed by atoms with E-state index in [-0.39, 0.29) is 29.7 Å². The van der Waals surface area contributed by atoms with Crippen LogP contribution in [0.1, 0.15) is 30.7 Å². The van der Waals surface area contributed by atoms with Crippen molar-refractivity contribution in [2.45, 2.75) is 31.2 Å². The molecule has 3 rings (SSSR count). The largest absolute Gasteiger partial charge is 0.369 e. The van der Waals surface area contributed by atoms with Crippen LogP contribution in [0.4, 0.5) is 0 Å². The fourth-order valence-corrected chi connectivity index (χ4v) is 3.64. The Kier molecular flexibility index (Phi) is 4.87. The number of amides is 2. The summed E-state index contributed by atoms with van der Waals surface area (Å²) in [5.41, 5.74) is 6.28. The summed E-state index contributed by atoms with van der Waals surface area (Å²) >= 11 is 6.20. The molecule has 6 heteroatoms. The minimum atomic E-state index is -0.298. The summed E-state index contributed by atoms with van der Waals surface area (Å²) in [5, 5.41) is 3.89. The summed E-state index contributed by atoms with van der Waals surface area (Å²) in [6, 6.07) is 7.94. The second kappa shape index (κ2) is 6.89. The van der Waals surface area contributed by atoms with E-state index in [4.69, 9.17) is 17.3 Å². The highest BCUT2D eigenvalue weighted by atomic mass is 35.5. The number of nitrogens with zero attached hydrogens (tertiary/aromatic N) is 1. The Morgan fingerprint density at radius 3 is 2.61 bits per heavy atom. The number of carbonyl (C=O) groups excluding carboxylic acids is 2. The zero-order valence-electron chi connectivity index (χ0n) is 13.0. The average molecular weight is 336 g/mol. The fourth-order valence-electron chi connectivity index (χ4n) is 3.37. The van der Waals surface area contributed by atoms with E-state index >= 15 is 0 Å². The summed E-state index contributed by atoms with van der Waals surface area (Å²) in [5.74, 6) is 0.119. The number of hydrogen-bond acceptors (Lipinski definition) is 3. The Labute approximate surface area is 141 Å². The monoisotopic (exact) mass is 335 g/mol. The normalized spacial score (nSPS) is 25.1. The van der Waals surface area contributed by atoms with Crippen LogP contribution in [0.5, 0.6) is 0 Å². The number of nitrogens with two attached hydrogens (primary N) is 1. The number of primary amides is 1. The highest BCUT2D eigenvalue weighted by molar-refractivity contribution is 6.31. The Bertz CT molecular complexity index is 599. The third kappa shape index (κ3) is 4.03. The van der Waals surface area contributed by atoms with Gasteiger partial charge in [-0.05, 0) is 36.8 Å². The summed E-state index contributed by atoms with van der Waals surface area (Å²) in [6.45, 7) is 1.90. The van der Waals surface area contributed by atoms with Crippen LogP contribution < -0.4 is 11.1 Å². The van der Waals surface area contributed by atoms with Crippen molar-refractivity contribution in [3.8, 4) is 0 Å². The van der Waals surface area contributed by atoms with Gasteiger partial charge in [-0.3, -0.25) is 14.5 Å². The van der Waals surface area contributed by atoms with Crippen molar-refractivity contribution in [3.63, 3.8) is 0 Å². The van der Waals surface area contributed by atoms with Gasteiger partial charge >= 0.3 is 0 Å². The van der Waals surface area contributed by atoms with Crippen LogP contribution in [0.3, 0.4) is 0 Å². The van der Waals surface area contributed by atoms with Gasteiger partial charge in [0, 0.05) is 30.1 Å². The van der Waals surface area contributed by atoms with Crippen molar-refractivity contribution in [2.75, 3.05) is 19.6 Å². The van der Waals surface area contributed by atoms with Crippen molar-refractivity contribution < 1.29 is 9.59 Å². The number of hydrogen-bond donors (Lipinski definition) is 2. The van der Waals surface area contributed by atoms with Crippen LogP contribution in [0.2, 0.25) is 5.02 Å². The number of benzene rings is 1. The van der Waals surface area contributed by atoms with Gasteiger partial charge < -0.3 is 11.1 Å². The molecule has 1 aromatic rings. The van der Waals surface area contributed by atoms with E-state index in [2.05, 4.69) is 5.32 Å². The van der Waals surface area contributed by atoms with Gasteiger partial charge in [0.15, 0.2) is 0 Å². The molecule has 124 valence electrons. The first-order valence-corrected chi connectivity index (χ1v) is 8.48. The summed E-state index contributed by atoms with van der Waals surface area (Å²) in [7, 11) is 0. The zero-order chi connectivity index (χ0) is 16.4. The molecule has 1 saturated carbocycles. The third-order valence-electron chi connectivity index (χ3n) is 4.75. The van der Waals surface area contributed by atoms with Gasteiger partial charge in [0.2, 0.25) is 11.8 Å². The number of rotatable bonds is 5. The number of likely N-dealkylation sites (tertiary alicyclic amines) is 1. The minimum absolute atomic E-state index is 0.0403. The standard InChI is InChI=1S/C17H22ClN3O2/c18-15-4-2-1-3-12(15)13-9-14(13)17(23)20-11-5-7-21(8-6-11)10-16(19)22/h1-4,11,13-14H,5-10H2,(H2,19,22)(H,20,23). The number of halogens is 1. The molecule has 2 amide bonds. The molecule has 2 aliphatic rings. The maximum atomic E-state index is 12.4. The highest BCUT2D eigenvalue weighted by Crippen LogP contribution is 2.49. The smallest absolute Gasteiger partial charge is 0.231 e. The van der Waals surface area contributed by atoms with Gasteiger partial charge in [0.05, 0.1) is 6.54 Å². The Hall–Kier alpha value is -1.59. The van der Waals surface area contributed by atoms with Crippen LogP contribution in [-0.4, -0.2) is 42.4 Å². The van der Waals surface area contributed by atoms with Crippen molar-refractivity contribution in [2.24, 2.45) is 11.7 Å². The van der Waals surface area contributed by atoms with E-state index in [1.165, 1.54) is 0 Å². The molecule has 2 atom stereocenters. The Morgan fingerprint density at radius 2 is 1.96 bits per heavy atom. The average Bonchev–Trinajstić information content (AvgIpc) is 3.30. The quantitative estimate of drug-likeness (QED) is 0.856. The summed E-state index contributed by atoms with van der Waals surface area (Å²) in [6.07, 6.45) is 2.60. The molecule has 0 bridgehead atoms. The second-order valence-electron chi connectivity index (χ2n) is 6.50. The molecule has 3 N–H and O–H groups in total. The predicted molar refractivity (Wildman–Crippen MR) is 89.1 cm³/mol. The van der Waals surface area contributed by atoms with E-state index in [1.807, 2.05) is 29.2 Å². The van der Waals surface area contributed by atoms with Crippen molar-refractivity contribution in [3.05, 3.63) is 34.9 Å². The van der Waals surface area contributed by atoms with E-state index in [0.29, 0.717) is 6.54 Å². The van der Waals surface area contributed by atoms with Crippen LogP contribution in [0.25, 0.3) is 0 Å². The van der Waals surface area contributed by atoms with Crippen molar-refractivity contribution >= 4 is 23.4 Å². The molecular formula is C17H22ClN3O2. The summed E-state index contributed by atoms with van der Waals surface area (Å²) in [4.78, 5) is 25.3. The molecule has 1 aromatic carbocycles. The fraction of sp³-hybridized carbons (Fsp3) is 0.529. The molecule has 0 aromatic heterocycles. The molecule has 5 nitrogen and oxygen atoms in total. The van der Waals surface area contributed by atoms with Crippen molar-refractivity contribution in [1.29, 1.82) is 0 Å². The predicted octanol–water partition coefficient (Wildman–Crippen LogP) is 1.51. The van der Waals surface area contributed by atoms with Crippen molar-refractivity contribution in [1.82, 2.24) is 10.2 Å². The Balaban J connectivity index is 1.46. The maximum absolute atomic E-state index is 12.4. The molecule has 23 heavy (non-hydrogen) atoms. The van der Waals surface area contributed by atoms with Gasteiger partial charge in [0.25, 0.3) is 0 Å². The first-order chi connectivity index (χ1) is 11.0. The SMILES string of the molecule is NC(=O)CN1CCC(NC(=O)C2CC2c2ccccc2Cl)CC1. The van der Waals surface area contributed by atoms with E-state index in [9.17, 15) is 9.59 Å². The second-order valence-corrected chi connectivity index (χ2v) is 6.90. The summed E-state index contributed by atoms with van der Waals surface area (Å²) < 4.78 is 0. The van der Waals surface area contributed by atoms with Gasteiger partial charge in [0.1, 0.15) is 0 Å². The molecular weight excluding hydrogens is 314 g/mol. The molecule has 1 saturated heterocycles. The molecule has 0 radical (unpaired) electrons. The minimum Gasteiger partial charge on any atom is -0.369 e. The van der Waals surface area contributed by atoms with Gasteiger partial charge in [-0.25, -0.2) is 0 Å². The van der Waals surface area contributed by atoms with Crippen LogP contribution in [0.15, 0.2) is 24.3 Å². The number of nitrogens with one attached hydrogen (secondary N) is 1. The van der Waals surface area contributed by atoms with E-state index in [0.717, 1.165) is 42.9 Å². The highest BCUT2D eigenvalue weighted by Gasteiger charge is 2.45. The zero-order valence-corrected chi connectivity index (χ0v) is 13.8. The Morgan fingerprint density at radius 1 is 1.26 bits per heavy atom. The molecule has 1 aliphatic heterocycles. The molecule has 0 spiro atoms.